The molecule has 110 valence electrons. The van der Waals surface area contributed by atoms with Crippen LogP contribution >= 0.6 is 0 Å². The van der Waals surface area contributed by atoms with Crippen molar-refractivity contribution in [2.24, 2.45) is 0 Å². The first-order chi connectivity index (χ1) is 10.8. The zero-order valence-corrected chi connectivity index (χ0v) is 12.0. The van der Waals surface area contributed by atoms with Crippen LogP contribution in [0, 0.1) is 0 Å². The topological polar surface area (TPSA) is 67.0 Å². The molecular formula is C17H15N3O2. The maximum Gasteiger partial charge on any atom is 0.256 e. The van der Waals surface area contributed by atoms with Crippen LogP contribution in [0.25, 0.3) is 11.1 Å². The molecule has 2 aromatic carbocycles. The fourth-order valence-corrected chi connectivity index (χ4v) is 2.11. The van der Waals surface area contributed by atoms with Gasteiger partial charge >= 0.3 is 0 Å². The number of ether oxygens (including phenoxy) is 1. The van der Waals surface area contributed by atoms with E-state index >= 15 is 0 Å². The standard InChI is InChI=1S/C17H15N3O2/c1-22-16-11-15(19-20-16)18-17(21)14-9-7-13(8-10-14)12-5-3-2-4-6-12/h2-11H,1H3,(H2,18,19,20,21). The Hall–Kier alpha value is -3.08. The van der Waals surface area contributed by atoms with Crippen molar-refractivity contribution in [2.75, 3.05) is 12.4 Å². The van der Waals surface area contributed by atoms with Crippen LogP contribution in [0.1, 0.15) is 10.4 Å². The largest absolute Gasteiger partial charge is 0.480 e. The highest BCUT2D eigenvalue weighted by atomic mass is 16.5. The lowest BCUT2D eigenvalue weighted by Gasteiger charge is -2.05. The van der Waals surface area contributed by atoms with Gasteiger partial charge in [0, 0.05) is 11.6 Å². The number of benzene rings is 2. The van der Waals surface area contributed by atoms with E-state index in [4.69, 9.17) is 4.74 Å². The number of anilines is 1. The van der Waals surface area contributed by atoms with Gasteiger partial charge in [-0.15, -0.1) is 5.10 Å². The quantitative estimate of drug-likeness (QED) is 0.775. The van der Waals surface area contributed by atoms with Crippen molar-refractivity contribution in [3.63, 3.8) is 0 Å². The third-order valence-corrected chi connectivity index (χ3v) is 3.27. The highest BCUT2D eigenvalue weighted by molar-refractivity contribution is 6.04. The maximum absolute atomic E-state index is 12.2. The van der Waals surface area contributed by atoms with Crippen LogP contribution in [0.3, 0.4) is 0 Å². The summed E-state index contributed by atoms with van der Waals surface area (Å²) in [5.74, 6) is 0.717. The van der Waals surface area contributed by atoms with Crippen LogP contribution < -0.4 is 10.1 Å². The number of aromatic nitrogens is 2. The van der Waals surface area contributed by atoms with Gasteiger partial charge in [0.25, 0.3) is 5.91 Å². The number of nitrogens with zero attached hydrogens (tertiary/aromatic N) is 1. The number of aromatic amines is 1. The molecule has 22 heavy (non-hydrogen) atoms. The van der Waals surface area contributed by atoms with Crippen LogP contribution in [-0.2, 0) is 0 Å². The van der Waals surface area contributed by atoms with E-state index < -0.39 is 0 Å². The van der Waals surface area contributed by atoms with Gasteiger partial charge in [-0.2, -0.15) is 0 Å². The fourth-order valence-electron chi connectivity index (χ4n) is 2.11. The molecule has 1 aromatic heterocycles. The monoisotopic (exact) mass is 293 g/mol. The summed E-state index contributed by atoms with van der Waals surface area (Å²) in [7, 11) is 1.52. The van der Waals surface area contributed by atoms with Gasteiger partial charge in [0.1, 0.15) is 5.82 Å². The Labute approximate surface area is 127 Å². The third kappa shape index (κ3) is 2.98. The van der Waals surface area contributed by atoms with E-state index in [1.807, 2.05) is 42.5 Å². The molecule has 0 aliphatic heterocycles. The summed E-state index contributed by atoms with van der Waals surface area (Å²) in [6.45, 7) is 0. The second-order valence-corrected chi connectivity index (χ2v) is 4.72. The number of hydrogen-bond acceptors (Lipinski definition) is 3. The van der Waals surface area contributed by atoms with E-state index in [0.29, 0.717) is 17.3 Å². The van der Waals surface area contributed by atoms with E-state index in [9.17, 15) is 4.79 Å². The molecule has 0 bridgehead atoms. The van der Waals surface area contributed by atoms with Gasteiger partial charge in [0.2, 0.25) is 5.88 Å². The molecule has 0 atom stereocenters. The van der Waals surface area contributed by atoms with Gasteiger partial charge in [0.15, 0.2) is 0 Å². The second kappa shape index (κ2) is 6.13. The van der Waals surface area contributed by atoms with Gasteiger partial charge in [-0.3, -0.25) is 9.89 Å². The average molecular weight is 293 g/mol. The Morgan fingerprint density at radius 1 is 1.05 bits per heavy atom. The average Bonchev–Trinajstić information content (AvgIpc) is 3.03. The van der Waals surface area contributed by atoms with Crippen LogP contribution in [0.4, 0.5) is 5.82 Å². The van der Waals surface area contributed by atoms with Gasteiger partial charge < -0.3 is 10.1 Å². The lowest BCUT2D eigenvalue weighted by molar-refractivity contribution is 0.102. The molecule has 0 aliphatic carbocycles. The molecule has 0 spiro atoms. The van der Waals surface area contributed by atoms with Gasteiger partial charge in [0.05, 0.1) is 7.11 Å². The Balaban J connectivity index is 1.73. The number of rotatable bonds is 4. The normalized spacial score (nSPS) is 10.2. The third-order valence-electron chi connectivity index (χ3n) is 3.27. The molecule has 0 saturated carbocycles. The minimum Gasteiger partial charge on any atom is -0.480 e. The summed E-state index contributed by atoms with van der Waals surface area (Å²) < 4.78 is 4.95. The van der Waals surface area contributed by atoms with E-state index in [-0.39, 0.29) is 5.91 Å². The Morgan fingerprint density at radius 2 is 1.73 bits per heavy atom. The van der Waals surface area contributed by atoms with Crippen LogP contribution in [0.15, 0.2) is 60.7 Å². The zero-order valence-electron chi connectivity index (χ0n) is 12.0. The van der Waals surface area contributed by atoms with Crippen molar-refractivity contribution in [2.45, 2.75) is 0 Å². The van der Waals surface area contributed by atoms with Crippen LogP contribution in [-0.4, -0.2) is 23.2 Å². The molecule has 0 saturated heterocycles. The second-order valence-electron chi connectivity index (χ2n) is 4.72. The molecule has 0 fully saturated rings. The van der Waals surface area contributed by atoms with E-state index in [0.717, 1.165) is 11.1 Å². The van der Waals surface area contributed by atoms with Gasteiger partial charge in [-0.1, -0.05) is 42.5 Å². The van der Waals surface area contributed by atoms with E-state index in [2.05, 4.69) is 15.5 Å². The lowest BCUT2D eigenvalue weighted by atomic mass is 10.0. The van der Waals surface area contributed by atoms with Crippen molar-refractivity contribution in [3.8, 4) is 17.0 Å². The summed E-state index contributed by atoms with van der Waals surface area (Å²) in [4.78, 5) is 12.2. The summed E-state index contributed by atoms with van der Waals surface area (Å²) >= 11 is 0. The number of methoxy groups -OCH3 is 1. The predicted molar refractivity (Wildman–Crippen MR) is 85.0 cm³/mol. The van der Waals surface area contributed by atoms with Crippen LogP contribution in [0.2, 0.25) is 0 Å². The Kier molecular flexibility index (Phi) is 3.87. The first-order valence-corrected chi connectivity index (χ1v) is 6.82. The molecule has 0 aliphatic rings. The van der Waals surface area contributed by atoms with Gasteiger partial charge in [-0.05, 0) is 23.3 Å². The highest BCUT2D eigenvalue weighted by Gasteiger charge is 2.08. The van der Waals surface area contributed by atoms with Crippen molar-refractivity contribution in [1.29, 1.82) is 0 Å². The molecule has 2 N–H and O–H groups in total. The minimum atomic E-state index is -0.203. The molecule has 1 heterocycles. The molecule has 5 nitrogen and oxygen atoms in total. The first-order valence-electron chi connectivity index (χ1n) is 6.82. The van der Waals surface area contributed by atoms with Crippen LogP contribution in [0.5, 0.6) is 5.88 Å². The smallest absolute Gasteiger partial charge is 0.256 e. The predicted octanol–water partition coefficient (Wildman–Crippen LogP) is 3.34. The highest BCUT2D eigenvalue weighted by Crippen LogP contribution is 2.20. The first kappa shape index (κ1) is 13.9. The molecule has 0 unspecified atom stereocenters. The number of carbonyl (C=O) groups excluding carboxylic acids is 1. The fraction of sp³-hybridized carbons (Fsp3) is 0.0588. The molecule has 3 rings (SSSR count). The van der Waals surface area contributed by atoms with E-state index in [1.54, 1.807) is 18.2 Å². The number of amides is 1. The van der Waals surface area contributed by atoms with Crippen molar-refractivity contribution in [1.82, 2.24) is 10.2 Å². The molecule has 1 amide bonds. The number of carbonyl (C=O) groups is 1. The number of H-pyrrole nitrogens is 1. The molecule has 5 heteroatoms. The Bertz CT molecular complexity index is 764. The van der Waals surface area contributed by atoms with E-state index in [1.165, 1.54) is 7.11 Å². The number of nitrogens with one attached hydrogen (secondary N) is 2. The summed E-state index contributed by atoms with van der Waals surface area (Å²) in [6.07, 6.45) is 0. The van der Waals surface area contributed by atoms with Crippen molar-refractivity contribution >= 4 is 11.7 Å². The SMILES string of the molecule is COc1cc(NC(=O)c2ccc(-c3ccccc3)cc2)[nH]n1. The lowest BCUT2D eigenvalue weighted by Crippen LogP contribution is -2.11. The summed E-state index contributed by atoms with van der Waals surface area (Å²) in [5, 5.41) is 9.30. The zero-order chi connectivity index (χ0) is 15.4. The molecular weight excluding hydrogens is 278 g/mol. The molecule has 3 aromatic rings. The summed E-state index contributed by atoms with van der Waals surface area (Å²) in [6, 6.07) is 19.1. The maximum atomic E-state index is 12.2. The van der Waals surface area contributed by atoms with Crippen molar-refractivity contribution in [3.05, 3.63) is 66.2 Å². The number of hydrogen-bond donors (Lipinski definition) is 2. The minimum absolute atomic E-state index is 0.203. The Morgan fingerprint density at radius 3 is 2.36 bits per heavy atom. The molecule has 0 radical (unpaired) electrons. The van der Waals surface area contributed by atoms with Gasteiger partial charge in [-0.25, -0.2) is 0 Å². The van der Waals surface area contributed by atoms with Crippen molar-refractivity contribution < 1.29 is 9.53 Å². The summed E-state index contributed by atoms with van der Waals surface area (Å²) in [5.41, 5.74) is 2.77.